The highest BCUT2D eigenvalue weighted by Crippen LogP contribution is 2.10. The van der Waals surface area contributed by atoms with Gasteiger partial charge in [-0.3, -0.25) is 4.79 Å². The summed E-state index contributed by atoms with van der Waals surface area (Å²) in [5.41, 5.74) is 5.63. The van der Waals surface area contributed by atoms with Gasteiger partial charge >= 0.3 is 0 Å². The number of aliphatic imine (C=N–C) groups is 1. The van der Waals surface area contributed by atoms with Gasteiger partial charge in [-0.05, 0) is 19.3 Å². The van der Waals surface area contributed by atoms with Crippen LogP contribution in [0.4, 0.5) is 0 Å². The molecule has 18 heavy (non-hydrogen) atoms. The molecule has 1 atom stereocenters. The Balaban J connectivity index is 0.00000289. The first-order chi connectivity index (χ1) is 8.22. The molecule has 1 fully saturated rings. The van der Waals surface area contributed by atoms with Crippen LogP contribution < -0.4 is 16.4 Å². The topological polar surface area (TPSA) is 88.7 Å². The van der Waals surface area contributed by atoms with Gasteiger partial charge in [0.2, 0.25) is 5.91 Å². The van der Waals surface area contributed by atoms with Gasteiger partial charge in [0.05, 0.1) is 6.10 Å². The molecule has 106 valence electrons. The van der Waals surface area contributed by atoms with E-state index in [1.807, 2.05) is 6.92 Å². The third kappa shape index (κ3) is 7.70. The van der Waals surface area contributed by atoms with E-state index in [0.717, 1.165) is 25.9 Å². The molecule has 1 heterocycles. The Hall–Kier alpha value is -0.570. The lowest BCUT2D eigenvalue weighted by Gasteiger charge is -2.10. The van der Waals surface area contributed by atoms with Crippen LogP contribution >= 0.6 is 24.0 Å². The molecule has 1 saturated heterocycles. The van der Waals surface area contributed by atoms with Crippen molar-refractivity contribution in [3.8, 4) is 0 Å². The van der Waals surface area contributed by atoms with Crippen molar-refractivity contribution in [2.24, 2.45) is 10.7 Å². The summed E-state index contributed by atoms with van der Waals surface area (Å²) in [7, 11) is 0. The Bertz CT molecular complexity index is 268. The number of ether oxygens (including phenoxy) is 1. The van der Waals surface area contributed by atoms with Crippen LogP contribution in [0, 0.1) is 0 Å². The summed E-state index contributed by atoms with van der Waals surface area (Å²) in [5.74, 6) is 0.195. The second-order valence-electron chi connectivity index (χ2n) is 4.07. The van der Waals surface area contributed by atoms with E-state index in [2.05, 4.69) is 15.6 Å². The summed E-state index contributed by atoms with van der Waals surface area (Å²) in [5, 5.41) is 5.69. The van der Waals surface area contributed by atoms with Crippen LogP contribution in [0.15, 0.2) is 4.99 Å². The van der Waals surface area contributed by atoms with Crippen LogP contribution in [0.2, 0.25) is 0 Å². The van der Waals surface area contributed by atoms with E-state index in [1.165, 1.54) is 0 Å². The van der Waals surface area contributed by atoms with Gasteiger partial charge in [0, 0.05) is 19.7 Å². The summed E-state index contributed by atoms with van der Waals surface area (Å²) in [4.78, 5) is 15.2. The van der Waals surface area contributed by atoms with Crippen LogP contribution in [-0.2, 0) is 9.53 Å². The number of amides is 1. The van der Waals surface area contributed by atoms with Gasteiger partial charge in [0.25, 0.3) is 0 Å². The minimum Gasteiger partial charge on any atom is -0.376 e. The SMILES string of the molecule is CCCNC(=O)CN=C(N)NCC1CCCO1.I. The molecular weight excluding hydrogens is 347 g/mol. The molecule has 0 aliphatic carbocycles. The normalized spacial score (nSPS) is 19.2. The zero-order valence-electron chi connectivity index (χ0n) is 10.8. The number of hydrogen-bond acceptors (Lipinski definition) is 3. The van der Waals surface area contributed by atoms with Crippen LogP contribution in [0.1, 0.15) is 26.2 Å². The number of carbonyl (C=O) groups excluding carboxylic acids is 1. The van der Waals surface area contributed by atoms with Gasteiger partial charge in [-0.25, -0.2) is 4.99 Å². The van der Waals surface area contributed by atoms with Gasteiger partial charge in [0.15, 0.2) is 5.96 Å². The number of carbonyl (C=O) groups is 1. The molecule has 0 aromatic heterocycles. The summed E-state index contributed by atoms with van der Waals surface area (Å²) in [6, 6.07) is 0. The predicted molar refractivity (Wildman–Crippen MR) is 82.2 cm³/mol. The number of halogens is 1. The first-order valence-corrected chi connectivity index (χ1v) is 6.14. The van der Waals surface area contributed by atoms with E-state index in [-0.39, 0.29) is 42.5 Å². The predicted octanol–water partition coefficient (Wildman–Crippen LogP) is 0.214. The minimum absolute atomic E-state index is 0. The third-order valence-corrected chi connectivity index (χ3v) is 2.50. The van der Waals surface area contributed by atoms with Crippen LogP contribution in [0.5, 0.6) is 0 Å². The third-order valence-electron chi connectivity index (χ3n) is 2.50. The summed E-state index contributed by atoms with van der Waals surface area (Å²) in [6.45, 7) is 4.23. The van der Waals surface area contributed by atoms with Crippen LogP contribution in [0.25, 0.3) is 0 Å². The Labute approximate surface area is 125 Å². The highest BCUT2D eigenvalue weighted by molar-refractivity contribution is 14.0. The first kappa shape index (κ1) is 17.4. The molecule has 0 bridgehead atoms. The van der Waals surface area contributed by atoms with Crippen molar-refractivity contribution in [2.45, 2.75) is 32.3 Å². The lowest BCUT2D eigenvalue weighted by Crippen LogP contribution is -2.38. The molecule has 1 unspecified atom stereocenters. The summed E-state index contributed by atoms with van der Waals surface area (Å²) < 4.78 is 5.43. The van der Waals surface area contributed by atoms with Crippen molar-refractivity contribution in [1.82, 2.24) is 10.6 Å². The van der Waals surface area contributed by atoms with Crippen molar-refractivity contribution in [1.29, 1.82) is 0 Å². The maximum Gasteiger partial charge on any atom is 0.241 e. The number of nitrogens with two attached hydrogens (primary N) is 1. The second kappa shape index (κ2) is 10.4. The molecule has 1 aliphatic heterocycles. The Morgan fingerprint density at radius 2 is 2.28 bits per heavy atom. The largest absolute Gasteiger partial charge is 0.376 e. The maximum atomic E-state index is 11.2. The number of nitrogens with one attached hydrogen (secondary N) is 2. The average molecular weight is 370 g/mol. The first-order valence-electron chi connectivity index (χ1n) is 6.14. The van der Waals surface area contributed by atoms with E-state index in [0.29, 0.717) is 19.0 Å². The molecule has 4 N–H and O–H groups in total. The zero-order chi connectivity index (χ0) is 12.5. The molecule has 0 radical (unpaired) electrons. The molecule has 1 amide bonds. The lowest BCUT2D eigenvalue weighted by molar-refractivity contribution is -0.119. The Morgan fingerprint density at radius 3 is 2.89 bits per heavy atom. The van der Waals surface area contributed by atoms with Crippen molar-refractivity contribution in [2.75, 3.05) is 26.2 Å². The lowest BCUT2D eigenvalue weighted by atomic mass is 10.2. The fraction of sp³-hybridized carbons (Fsp3) is 0.818. The minimum atomic E-state index is -0.103. The van der Waals surface area contributed by atoms with Crippen molar-refractivity contribution in [3.05, 3.63) is 0 Å². The number of rotatable bonds is 6. The molecule has 1 aliphatic rings. The second-order valence-corrected chi connectivity index (χ2v) is 4.07. The van der Waals surface area contributed by atoms with Crippen LogP contribution in [0.3, 0.4) is 0 Å². The molecule has 0 saturated carbocycles. The smallest absolute Gasteiger partial charge is 0.241 e. The van der Waals surface area contributed by atoms with E-state index in [9.17, 15) is 4.79 Å². The highest BCUT2D eigenvalue weighted by atomic mass is 127. The summed E-state index contributed by atoms with van der Waals surface area (Å²) in [6.07, 6.45) is 3.29. The van der Waals surface area contributed by atoms with E-state index < -0.39 is 0 Å². The number of nitrogens with zero attached hydrogens (tertiary/aromatic N) is 1. The fourth-order valence-electron chi connectivity index (χ4n) is 1.56. The number of guanidine groups is 1. The fourth-order valence-corrected chi connectivity index (χ4v) is 1.56. The van der Waals surface area contributed by atoms with Gasteiger partial charge in [0.1, 0.15) is 6.54 Å². The molecule has 0 aromatic rings. The maximum absolute atomic E-state index is 11.2. The highest BCUT2D eigenvalue weighted by Gasteiger charge is 2.14. The van der Waals surface area contributed by atoms with E-state index in [1.54, 1.807) is 0 Å². The van der Waals surface area contributed by atoms with E-state index >= 15 is 0 Å². The quantitative estimate of drug-likeness (QED) is 0.355. The van der Waals surface area contributed by atoms with Gasteiger partial charge < -0.3 is 21.1 Å². The van der Waals surface area contributed by atoms with E-state index in [4.69, 9.17) is 10.5 Å². The zero-order valence-corrected chi connectivity index (χ0v) is 13.1. The molecule has 0 spiro atoms. The molecule has 6 nitrogen and oxygen atoms in total. The van der Waals surface area contributed by atoms with Crippen LogP contribution in [-0.4, -0.2) is 44.2 Å². The Kier molecular flexibility index (Phi) is 10.0. The van der Waals surface area contributed by atoms with Gasteiger partial charge in [-0.15, -0.1) is 24.0 Å². The number of hydrogen-bond donors (Lipinski definition) is 3. The average Bonchev–Trinajstić information content (AvgIpc) is 2.84. The summed E-state index contributed by atoms with van der Waals surface area (Å²) >= 11 is 0. The van der Waals surface area contributed by atoms with Gasteiger partial charge in [-0.1, -0.05) is 6.92 Å². The van der Waals surface area contributed by atoms with Crippen molar-refractivity contribution >= 4 is 35.8 Å². The van der Waals surface area contributed by atoms with Crippen molar-refractivity contribution < 1.29 is 9.53 Å². The molecular formula is C11H23IN4O2. The monoisotopic (exact) mass is 370 g/mol. The Morgan fingerprint density at radius 1 is 1.50 bits per heavy atom. The van der Waals surface area contributed by atoms with Gasteiger partial charge in [-0.2, -0.15) is 0 Å². The van der Waals surface area contributed by atoms with Crippen molar-refractivity contribution in [3.63, 3.8) is 0 Å². The molecule has 0 aromatic carbocycles. The molecule has 1 rings (SSSR count). The standard InChI is InChI=1S/C11H22N4O2.HI/c1-2-5-13-10(16)8-15-11(12)14-7-9-4-3-6-17-9;/h9H,2-8H2,1H3,(H,13,16)(H3,12,14,15);1H. The molecule has 7 heteroatoms.